The number of hydrogen-bond acceptors (Lipinski definition) is 2. The van der Waals surface area contributed by atoms with Gasteiger partial charge >= 0.3 is 0 Å². The third kappa shape index (κ3) is 2.70. The Bertz CT molecular complexity index is 394. The molecule has 1 aliphatic heterocycles. The van der Waals surface area contributed by atoms with E-state index in [2.05, 4.69) is 39.0 Å². The van der Waals surface area contributed by atoms with Crippen molar-refractivity contribution >= 4 is 0 Å². The Morgan fingerprint density at radius 1 is 1.35 bits per heavy atom. The Morgan fingerprint density at radius 2 is 2.06 bits per heavy atom. The fourth-order valence-electron chi connectivity index (χ4n) is 2.64. The van der Waals surface area contributed by atoms with Crippen LogP contribution in [0.5, 0.6) is 0 Å². The number of aliphatic hydroxyl groups is 1. The van der Waals surface area contributed by atoms with Crippen LogP contribution in [-0.4, -0.2) is 24.9 Å². The quantitative estimate of drug-likeness (QED) is 0.868. The molecule has 2 heteroatoms. The molecule has 2 rings (SSSR count). The summed E-state index contributed by atoms with van der Waals surface area (Å²) in [5.74, 6) is 0.240. The van der Waals surface area contributed by atoms with E-state index in [0.29, 0.717) is 0 Å². The van der Waals surface area contributed by atoms with Crippen molar-refractivity contribution in [3.63, 3.8) is 0 Å². The highest BCUT2D eigenvalue weighted by molar-refractivity contribution is 5.33. The molecular weight excluding hydrogens is 212 g/mol. The lowest BCUT2D eigenvalue weighted by Gasteiger charge is -2.40. The maximum absolute atomic E-state index is 9.64. The average Bonchev–Trinajstić information content (AvgIpc) is 2.27. The first kappa shape index (κ1) is 12.6. The minimum atomic E-state index is 0.222. The van der Waals surface area contributed by atoms with Gasteiger partial charge < -0.3 is 9.84 Å². The number of ether oxygens (including phenoxy) is 1. The lowest BCUT2D eigenvalue weighted by molar-refractivity contribution is -0.110. The van der Waals surface area contributed by atoms with E-state index < -0.39 is 0 Å². The van der Waals surface area contributed by atoms with Crippen LogP contribution in [-0.2, 0) is 4.74 Å². The minimum Gasteiger partial charge on any atom is -0.396 e. The summed E-state index contributed by atoms with van der Waals surface area (Å²) in [6, 6.07) is 6.48. The van der Waals surface area contributed by atoms with Crippen LogP contribution in [0.25, 0.3) is 0 Å². The van der Waals surface area contributed by atoms with E-state index in [4.69, 9.17) is 4.74 Å². The highest BCUT2D eigenvalue weighted by atomic mass is 16.5. The minimum absolute atomic E-state index is 0.222. The number of benzene rings is 1. The molecule has 1 aliphatic rings. The van der Waals surface area contributed by atoms with Crippen molar-refractivity contribution < 1.29 is 9.84 Å². The smallest absolute Gasteiger partial charge is 0.0542 e. The Morgan fingerprint density at radius 3 is 2.59 bits per heavy atom. The summed E-state index contributed by atoms with van der Waals surface area (Å²) >= 11 is 0. The molecule has 0 aliphatic carbocycles. The van der Waals surface area contributed by atoms with Crippen molar-refractivity contribution in [1.82, 2.24) is 0 Å². The van der Waals surface area contributed by atoms with E-state index >= 15 is 0 Å². The molecule has 1 heterocycles. The van der Waals surface area contributed by atoms with Gasteiger partial charge in [0, 0.05) is 17.9 Å². The summed E-state index contributed by atoms with van der Waals surface area (Å²) in [6.45, 7) is 8.34. The zero-order valence-electron chi connectivity index (χ0n) is 11.0. The van der Waals surface area contributed by atoms with Crippen molar-refractivity contribution in [3.05, 3.63) is 34.9 Å². The Labute approximate surface area is 104 Å². The van der Waals surface area contributed by atoms with Gasteiger partial charge in [0.25, 0.3) is 0 Å². The Hall–Kier alpha value is -0.860. The molecule has 0 spiro atoms. The first-order valence-electron chi connectivity index (χ1n) is 6.30. The molecule has 0 bridgehead atoms. The van der Waals surface area contributed by atoms with Gasteiger partial charge in [-0.15, -0.1) is 0 Å². The lowest BCUT2D eigenvalue weighted by atomic mass is 9.76. The first-order valence-corrected chi connectivity index (χ1v) is 6.30. The summed E-state index contributed by atoms with van der Waals surface area (Å²) < 4.78 is 5.29. The largest absolute Gasteiger partial charge is 0.396 e. The molecule has 1 fully saturated rings. The molecule has 1 unspecified atom stereocenters. The SMILES string of the molecule is Cc1ccc(C)c(C(CO)CC2(C)COC2)c1. The molecule has 17 heavy (non-hydrogen) atoms. The normalized spacial score (nSPS) is 19.8. The zero-order valence-corrected chi connectivity index (χ0v) is 11.0. The maximum Gasteiger partial charge on any atom is 0.0542 e. The van der Waals surface area contributed by atoms with Crippen LogP contribution in [0, 0.1) is 19.3 Å². The second kappa shape index (κ2) is 4.79. The fourth-order valence-corrected chi connectivity index (χ4v) is 2.64. The fraction of sp³-hybridized carbons (Fsp3) is 0.600. The molecule has 0 saturated carbocycles. The van der Waals surface area contributed by atoms with Crippen LogP contribution < -0.4 is 0 Å². The Kier molecular flexibility index (Phi) is 3.55. The molecule has 1 N–H and O–H groups in total. The monoisotopic (exact) mass is 234 g/mol. The van der Waals surface area contributed by atoms with Crippen LogP contribution >= 0.6 is 0 Å². The molecule has 0 radical (unpaired) electrons. The molecule has 0 aromatic heterocycles. The second-order valence-electron chi connectivity index (χ2n) is 5.75. The van der Waals surface area contributed by atoms with Crippen molar-refractivity contribution in [2.24, 2.45) is 5.41 Å². The highest BCUT2D eigenvalue weighted by Crippen LogP contribution is 2.38. The Balaban J connectivity index is 2.19. The molecule has 0 amide bonds. The topological polar surface area (TPSA) is 29.5 Å². The van der Waals surface area contributed by atoms with E-state index in [-0.39, 0.29) is 17.9 Å². The van der Waals surface area contributed by atoms with Gasteiger partial charge in [0.1, 0.15) is 0 Å². The average molecular weight is 234 g/mol. The second-order valence-corrected chi connectivity index (χ2v) is 5.75. The van der Waals surface area contributed by atoms with E-state index in [0.717, 1.165) is 19.6 Å². The van der Waals surface area contributed by atoms with Crippen LogP contribution in [0.1, 0.15) is 36.0 Å². The number of rotatable bonds is 4. The van der Waals surface area contributed by atoms with E-state index in [1.807, 2.05) is 0 Å². The van der Waals surface area contributed by atoms with Crippen molar-refractivity contribution in [2.45, 2.75) is 33.1 Å². The number of hydrogen-bond donors (Lipinski definition) is 1. The molecule has 2 nitrogen and oxygen atoms in total. The molecule has 1 aromatic carbocycles. The van der Waals surface area contributed by atoms with Gasteiger partial charge in [-0.2, -0.15) is 0 Å². The van der Waals surface area contributed by atoms with E-state index in [9.17, 15) is 5.11 Å². The van der Waals surface area contributed by atoms with Crippen LogP contribution in [0.2, 0.25) is 0 Å². The van der Waals surface area contributed by atoms with E-state index in [1.165, 1.54) is 16.7 Å². The van der Waals surface area contributed by atoms with Crippen molar-refractivity contribution in [3.8, 4) is 0 Å². The molecule has 1 saturated heterocycles. The summed E-state index contributed by atoms with van der Waals surface area (Å²) in [7, 11) is 0. The van der Waals surface area contributed by atoms with Gasteiger partial charge in [-0.1, -0.05) is 30.7 Å². The van der Waals surface area contributed by atoms with Gasteiger partial charge in [0.2, 0.25) is 0 Å². The van der Waals surface area contributed by atoms with Crippen LogP contribution in [0.4, 0.5) is 0 Å². The van der Waals surface area contributed by atoms with Crippen molar-refractivity contribution in [1.29, 1.82) is 0 Å². The highest BCUT2D eigenvalue weighted by Gasteiger charge is 2.36. The third-order valence-corrected chi connectivity index (χ3v) is 3.74. The van der Waals surface area contributed by atoms with Crippen molar-refractivity contribution in [2.75, 3.05) is 19.8 Å². The van der Waals surface area contributed by atoms with Gasteiger partial charge in [-0.05, 0) is 31.4 Å². The lowest BCUT2D eigenvalue weighted by Crippen LogP contribution is -2.41. The summed E-state index contributed by atoms with van der Waals surface area (Å²) in [6.07, 6.45) is 1.01. The predicted octanol–water partition coefficient (Wildman–Crippen LogP) is 2.81. The third-order valence-electron chi connectivity index (χ3n) is 3.74. The van der Waals surface area contributed by atoms with E-state index in [1.54, 1.807) is 0 Å². The maximum atomic E-state index is 9.64. The number of aliphatic hydroxyl groups excluding tert-OH is 1. The molecule has 1 atom stereocenters. The standard InChI is InChI=1S/C15H22O2/c1-11-4-5-12(2)14(6-11)13(8-16)7-15(3)9-17-10-15/h4-6,13,16H,7-10H2,1-3H3. The summed E-state index contributed by atoms with van der Waals surface area (Å²) in [5.41, 5.74) is 4.09. The van der Waals surface area contributed by atoms with Gasteiger partial charge in [0.15, 0.2) is 0 Å². The van der Waals surface area contributed by atoms with Gasteiger partial charge in [0.05, 0.1) is 13.2 Å². The molecule has 1 aromatic rings. The predicted molar refractivity (Wildman–Crippen MR) is 69.3 cm³/mol. The molecule has 94 valence electrons. The molecular formula is C15H22O2. The van der Waals surface area contributed by atoms with Crippen LogP contribution in [0.3, 0.4) is 0 Å². The zero-order chi connectivity index (χ0) is 12.5. The summed E-state index contributed by atoms with van der Waals surface area (Å²) in [5, 5.41) is 9.64. The van der Waals surface area contributed by atoms with Crippen LogP contribution in [0.15, 0.2) is 18.2 Å². The van der Waals surface area contributed by atoms with Gasteiger partial charge in [-0.25, -0.2) is 0 Å². The first-order chi connectivity index (χ1) is 8.04. The number of aryl methyl sites for hydroxylation is 2. The van der Waals surface area contributed by atoms with Gasteiger partial charge in [-0.3, -0.25) is 0 Å². The summed E-state index contributed by atoms with van der Waals surface area (Å²) in [4.78, 5) is 0.